The van der Waals surface area contributed by atoms with Gasteiger partial charge in [-0.15, -0.1) is 0 Å². The maximum atomic E-state index is 8.95. The maximum Gasteiger partial charge on any atom is 0.224 e. The lowest BCUT2D eigenvalue weighted by atomic mass is 10.1. The fourth-order valence-electron chi connectivity index (χ4n) is 3.63. The minimum Gasteiger partial charge on any atom is -0.396 e. The zero-order chi connectivity index (χ0) is 20.2. The van der Waals surface area contributed by atoms with E-state index in [0.29, 0.717) is 23.9 Å². The van der Waals surface area contributed by atoms with Gasteiger partial charge >= 0.3 is 0 Å². The lowest BCUT2D eigenvalue weighted by Gasteiger charge is -2.37. The van der Waals surface area contributed by atoms with Crippen molar-refractivity contribution in [2.24, 2.45) is 0 Å². The van der Waals surface area contributed by atoms with Gasteiger partial charge in [-0.3, -0.25) is 4.98 Å². The highest BCUT2D eigenvalue weighted by Crippen LogP contribution is 2.29. The van der Waals surface area contributed by atoms with Crippen molar-refractivity contribution < 1.29 is 5.11 Å². The first-order valence-corrected chi connectivity index (χ1v) is 10.3. The Morgan fingerprint density at radius 1 is 1.07 bits per heavy atom. The van der Waals surface area contributed by atoms with Crippen LogP contribution < -0.4 is 15.1 Å². The van der Waals surface area contributed by atoms with Crippen LogP contribution in [0.3, 0.4) is 0 Å². The number of hydrogen-bond donors (Lipinski definition) is 2. The van der Waals surface area contributed by atoms with Crippen molar-refractivity contribution in [3.05, 3.63) is 47.2 Å². The number of piperazine rings is 1. The highest BCUT2D eigenvalue weighted by atomic mass is 35.5. The van der Waals surface area contributed by atoms with Crippen LogP contribution in [0.25, 0.3) is 10.9 Å². The van der Waals surface area contributed by atoms with Crippen LogP contribution in [0.15, 0.2) is 36.5 Å². The van der Waals surface area contributed by atoms with Gasteiger partial charge in [-0.2, -0.15) is 4.98 Å². The molecule has 3 aromatic rings. The third-order valence-corrected chi connectivity index (χ3v) is 5.32. The molecule has 8 heteroatoms. The van der Waals surface area contributed by atoms with Gasteiger partial charge in [0.1, 0.15) is 5.82 Å². The molecule has 1 saturated heterocycles. The molecule has 0 aliphatic carbocycles. The highest BCUT2D eigenvalue weighted by Gasteiger charge is 2.20. The molecular weight excluding hydrogens is 388 g/mol. The van der Waals surface area contributed by atoms with Crippen molar-refractivity contribution in [1.29, 1.82) is 0 Å². The van der Waals surface area contributed by atoms with Crippen molar-refractivity contribution in [3.8, 4) is 0 Å². The molecule has 152 valence electrons. The number of hydrogen-bond acceptors (Lipinski definition) is 7. The number of rotatable bonds is 6. The summed E-state index contributed by atoms with van der Waals surface area (Å²) in [7, 11) is 0. The van der Waals surface area contributed by atoms with Crippen LogP contribution in [0.4, 0.5) is 17.5 Å². The Labute approximate surface area is 175 Å². The number of halogens is 1. The first kappa shape index (κ1) is 19.7. The maximum absolute atomic E-state index is 8.95. The summed E-state index contributed by atoms with van der Waals surface area (Å²) in [5, 5.41) is 14.0. The molecule has 3 heterocycles. The lowest BCUT2D eigenvalue weighted by Crippen LogP contribution is -2.47. The molecule has 1 fully saturated rings. The normalized spacial score (nSPS) is 14.4. The second-order valence-corrected chi connectivity index (χ2v) is 7.60. The smallest absolute Gasteiger partial charge is 0.224 e. The molecule has 1 aliphatic rings. The van der Waals surface area contributed by atoms with Gasteiger partial charge in [0, 0.05) is 73.4 Å². The Balaban J connectivity index is 1.47. The molecule has 0 spiro atoms. The third-order valence-electron chi connectivity index (χ3n) is 5.08. The van der Waals surface area contributed by atoms with Gasteiger partial charge in [0.05, 0.1) is 5.52 Å². The largest absolute Gasteiger partial charge is 0.396 e. The summed E-state index contributed by atoms with van der Waals surface area (Å²) in [6.45, 7) is 6.35. The van der Waals surface area contributed by atoms with E-state index >= 15 is 0 Å². The third kappa shape index (κ3) is 4.52. The fourth-order valence-corrected chi connectivity index (χ4v) is 3.80. The van der Waals surface area contributed by atoms with E-state index in [1.165, 1.54) is 5.69 Å². The minimum atomic E-state index is 0.156. The number of aromatic nitrogens is 3. The topological polar surface area (TPSA) is 77.4 Å². The minimum absolute atomic E-state index is 0.156. The number of nitrogens with zero attached hydrogens (tertiary/aromatic N) is 5. The summed E-state index contributed by atoms with van der Waals surface area (Å²) in [5.41, 5.74) is 3.04. The van der Waals surface area contributed by atoms with E-state index in [1.54, 1.807) is 0 Å². The van der Waals surface area contributed by atoms with Crippen LogP contribution in [-0.4, -0.2) is 59.4 Å². The number of aryl methyl sites for hydroxylation is 1. The molecule has 0 atom stereocenters. The van der Waals surface area contributed by atoms with Gasteiger partial charge in [-0.25, -0.2) is 4.98 Å². The highest BCUT2D eigenvalue weighted by molar-refractivity contribution is 6.31. The lowest BCUT2D eigenvalue weighted by molar-refractivity contribution is 0.292. The molecule has 0 unspecified atom stereocenters. The SMILES string of the molecule is Cc1cc(N2CCN(c3ccnc4cc(Cl)ccc34)CC2)nc(NCCCO)n1. The van der Waals surface area contributed by atoms with E-state index < -0.39 is 0 Å². The fraction of sp³-hybridized carbons (Fsp3) is 0.381. The molecule has 1 aliphatic heterocycles. The van der Waals surface area contributed by atoms with Crippen molar-refractivity contribution in [2.75, 3.05) is 54.4 Å². The van der Waals surface area contributed by atoms with Crippen LogP contribution in [0, 0.1) is 6.92 Å². The molecule has 2 N–H and O–H groups in total. The molecule has 29 heavy (non-hydrogen) atoms. The number of fused-ring (bicyclic) bond motifs is 1. The van der Waals surface area contributed by atoms with Crippen molar-refractivity contribution in [2.45, 2.75) is 13.3 Å². The quantitative estimate of drug-likeness (QED) is 0.602. The van der Waals surface area contributed by atoms with Gasteiger partial charge < -0.3 is 20.2 Å². The van der Waals surface area contributed by atoms with E-state index in [0.717, 1.165) is 48.6 Å². The molecule has 2 aromatic heterocycles. The molecule has 7 nitrogen and oxygen atoms in total. The van der Waals surface area contributed by atoms with E-state index in [2.05, 4.69) is 36.1 Å². The van der Waals surface area contributed by atoms with E-state index in [9.17, 15) is 0 Å². The number of aliphatic hydroxyl groups is 1. The number of nitrogens with one attached hydrogen (secondary N) is 1. The molecule has 0 bridgehead atoms. The standard InChI is InChI=1S/C21H25ClN6O/c1-15-13-20(26-21(25-15)24-6-2-12-29)28-10-8-27(9-11-28)19-5-7-23-18-14-16(22)3-4-17(18)19/h3-5,7,13-14,29H,2,6,8-12H2,1H3,(H,24,25,26). The van der Waals surface area contributed by atoms with E-state index in [4.69, 9.17) is 16.7 Å². The summed E-state index contributed by atoms with van der Waals surface area (Å²) in [4.78, 5) is 18.2. The Kier molecular flexibility index (Phi) is 5.97. The van der Waals surface area contributed by atoms with E-state index in [1.807, 2.05) is 37.4 Å². The number of pyridine rings is 1. The molecule has 0 saturated carbocycles. The average molecular weight is 413 g/mol. The van der Waals surface area contributed by atoms with Gasteiger partial charge in [0.25, 0.3) is 0 Å². The monoisotopic (exact) mass is 412 g/mol. The summed E-state index contributed by atoms with van der Waals surface area (Å²) in [6, 6.07) is 9.97. The Morgan fingerprint density at radius 3 is 2.66 bits per heavy atom. The number of anilines is 3. The summed E-state index contributed by atoms with van der Waals surface area (Å²) < 4.78 is 0. The molecule has 4 rings (SSSR count). The van der Waals surface area contributed by atoms with Crippen LogP contribution in [-0.2, 0) is 0 Å². The summed E-state index contributed by atoms with van der Waals surface area (Å²) in [5.74, 6) is 1.56. The molecule has 0 amide bonds. The Morgan fingerprint density at radius 2 is 1.86 bits per heavy atom. The predicted molar refractivity (Wildman–Crippen MR) is 118 cm³/mol. The average Bonchev–Trinajstić information content (AvgIpc) is 2.73. The number of benzene rings is 1. The van der Waals surface area contributed by atoms with Crippen LogP contribution in [0.1, 0.15) is 12.1 Å². The molecule has 0 radical (unpaired) electrons. The summed E-state index contributed by atoms with van der Waals surface area (Å²) >= 11 is 6.12. The second-order valence-electron chi connectivity index (χ2n) is 7.16. The van der Waals surface area contributed by atoms with Gasteiger partial charge in [0.15, 0.2) is 0 Å². The number of aliphatic hydroxyl groups excluding tert-OH is 1. The summed E-state index contributed by atoms with van der Waals surface area (Å²) in [6.07, 6.45) is 2.52. The van der Waals surface area contributed by atoms with Crippen LogP contribution >= 0.6 is 11.6 Å². The van der Waals surface area contributed by atoms with Gasteiger partial charge in [0.2, 0.25) is 5.95 Å². The van der Waals surface area contributed by atoms with Crippen molar-refractivity contribution in [1.82, 2.24) is 15.0 Å². The molecular formula is C21H25ClN6O. The zero-order valence-electron chi connectivity index (χ0n) is 16.5. The predicted octanol–water partition coefficient (Wildman–Crippen LogP) is 3.11. The van der Waals surface area contributed by atoms with Crippen LogP contribution in [0.5, 0.6) is 0 Å². The van der Waals surface area contributed by atoms with Gasteiger partial charge in [-0.1, -0.05) is 11.6 Å². The zero-order valence-corrected chi connectivity index (χ0v) is 17.2. The first-order valence-electron chi connectivity index (χ1n) is 9.88. The Hall–Kier alpha value is -2.64. The van der Waals surface area contributed by atoms with Crippen molar-refractivity contribution >= 4 is 40.0 Å². The molecule has 1 aromatic carbocycles. The van der Waals surface area contributed by atoms with Crippen molar-refractivity contribution in [3.63, 3.8) is 0 Å². The van der Waals surface area contributed by atoms with Crippen LogP contribution in [0.2, 0.25) is 5.02 Å². The Bertz CT molecular complexity index is 990. The van der Waals surface area contributed by atoms with Gasteiger partial charge in [-0.05, 0) is 37.6 Å². The van der Waals surface area contributed by atoms with E-state index in [-0.39, 0.29) is 6.61 Å². The first-order chi connectivity index (χ1) is 14.1. The second kappa shape index (κ2) is 8.80.